The lowest BCUT2D eigenvalue weighted by Gasteiger charge is -2.39. The Labute approximate surface area is 198 Å². The van der Waals surface area contributed by atoms with E-state index in [1.807, 2.05) is 13.0 Å². The molecule has 1 N–H and O–H groups in total. The average Bonchev–Trinajstić information content (AvgIpc) is 2.82. The monoisotopic (exact) mass is 473 g/mol. The largest absolute Gasteiger partial charge is 0.459 e. The maximum atomic E-state index is 13.5. The van der Waals surface area contributed by atoms with Crippen molar-refractivity contribution in [2.75, 3.05) is 79.2 Å². The van der Waals surface area contributed by atoms with Gasteiger partial charge in [0.1, 0.15) is 0 Å². The molecule has 1 amide bonds. The predicted molar refractivity (Wildman–Crippen MR) is 123 cm³/mol. The van der Waals surface area contributed by atoms with Gasteiger partial charge in [0.15, 0.2) is 5.76 Å². The zero-order valence-electron chi connectivity index (χ0n) is 20.5. The SMILES string of the molecule is CCO[C@@H]1OC(C(=O)N2CCOCCOCCOCCOCC2)=C[C@H](C(C)C)[C@H]1CCCO. The van der Waals surface area contributed by atoms with Gasteiger partial charge in [0.2, 0.25) is 6.29 Å². The number of carbonyl (C=O) groups excluding carboxylic acids is 1. The summed E-state index contributed by atoms with van der Waals surface area (Å²) in [4.78, 5) is 15.2. The van der Waals surface area contributed by atoms with Crippen molar-refractivity contribution in [3.05, 3.63) is 11.8 Å². The minimum Gasteiger partial charge on any atom is -0.459 e. The summed E-state index contributed by atoms with van der Waals surface area (Å²) in [6.07, 6.45) is 2.89. The van der Waals surface area contributed by atoms with Crippen molar-refractivity contribution in [3.63, 3.8) is 0 Å². The van der Waals surface area contributed by atoms with Gasteiger partial charge in [-0.3, -0.25) is 4.79 Å². The standard InChI is InChI=1S/C24H43NO8/c1-4-32-24-20(6-5-9-26)21(19(2)3)18-22(33-24)23(27)25-7-10-28-12-14-30-16-17-31-15-13-29-11-8-25/h18-21,24,26H,4-17H2,1-3H3/t20-,21-,24-/m1/s1. The highest BCUT2D eigenvalue weighted by molar-refractivity contribution is 5.91. The molecule has 0 unspecified atom stereocenters. The molecule has 2 aliphatic rings. The molecule has 192 valence electrons. The summed E-state index contributed by atoms with van der Waals surface area (Å²) in [5, 5.41) is 9.33. The number of hydrogen-bond acceptors (Lipinski definition) is 8. The first-order valence-corrected chi connectivity index (χ1v) is 12.3. The number of amides is 1. The fraction of sp³-hybridized carbons (Fsp3) is 0.875. The predicted octanol–water partition coefficient (Wildman–Crippen LogP) is 1.83. The highest BCUT2D eigenvalue weighted by Crippen LogP contribution is 2.37. The summed E-state index contributed by atoms with van der Waals surface area (Å²) < 4.78 is 34.2. The van der Waals surface area contributed by atoms with Gasteiger partial charge >= 0.3 is 0 Å². The number of carbonyl (C=O) groups is 1. The Balaban J connectivity index is 2.11. The summed E-state index contributed by atoms with van der Waals surface area (Å²) in [6, 6.07) is 0. The Kier molecular flexibility index (Phi) is 13.9. The molecule has 2 heterocycles. The van der Waals surface area contributed by atoms with Crippen LogP contribution in [-0.4, -0.2) is 101 Å². The van der Waals surface area contributed by atoms with E-state index < -0.39 is 6.29 Å². The van der Waals surface area contributed by atoms with E-state index in [1.165, 1.54) is 0 Å². The van der Waals surface area contributed by atoms with E-state index >= 15 is 0 Å². The van der Waals surface area contributed by atoms with Crippen molar-refractivity contribution < 1.29 is 38.3 Å². The molecule has 0 aromatic rings. The molecule has 1 fully saturated rings. The van der Waals surface area contributed by atoms with Crippen molar-refractivity contribution in [2.24, 2.45) is 17.8 Å². The molecule has 2 rings (SSSR count). The van der Waals surface area contributed by atoms with Gasteiger partial charge in [-0.1, -0.05) is 13.8 Å². The molecule has 3 atom stereocenters. The highest BCUT2D eigenvalue weighted by Gasteiger charge is 2.39. The number of rotatable bonds is 7. The Hall–Kier alpha value is -1.23. The van der Waals surface area contributed by atoms with Crippen LogP contribution in [0, 0.1) is 17.8 Å². The van der Waals surface area contributed by atoms with Crippen molar-refractivity contribution in [1.29, 1.82) is 0 Å². The molecule has 0 aromatic heterocycles. The van der Waals surface area contributed by atoms with E-state index in [1.54, 1.807) is 4.90 Å². The molecular formula is C24H43NO8. The Morgan fingerprint density at radius 2 is 1.58 bits per heavy atom. The van der Waals surface area contributed by atoms with Gasteiger partial charge in [0.05, 0.1) is 52.9 Å². The van der Waals surface area contributed by atoms with Crippen molar-refractivity contribution >= 4 is 5.91 Å². The molecule has 1 saturated heterocycles. The van der Waals surface area contributed by atoms with E-state index in [-0.39, 0.29) is 24.3 Å². The second kappa shape index (κ2) is 16.4. The van der Waals surface area contributed by atoms with Gasteiger partial charge in [0.25, 0.3) is 5.91 Å². The third-order valence-electron chi connectivity index (χ3n) is 5.85. The average molecular weight is 474 g/mol. The van der Waals surface area contributed by atoms with Gasteiger partial charge in [-0.05, 0) is 37.7 Å². The number of aliphatic hydroxyl groups is 1. The first-order valence-electron chi connectivity index (χ1n) is 12.3. The molecule has 9 heteroatoms. The van der Waals surface area contributed by atoms with Crippen molar-refractivity contribution in [1.82, 2.24) is 4.90 Å². The quantitative estimate of drug-likeness (QED) is 0.598. The lowest BCUT2D eigenvalue weighted by molar-refractivity contribution is -0.178. The van der Waals surface area contributed by atoms with Crippen LogP contribution in [0.5, 0.6) is 0 Å². The Morgan fingerprint density at radius 3 is 2.06 bits per heavy atom. The van der Waals surface area contributed by atoms with Crippen LogP contribution in [0.4, 0.5) is 0 Å². The topological polar surface area (TPSA) is 95.9 Å². The van der Waals surface area contributed by atoms with Crippen LogP contribution in [0.1, 0.15) is 33.6 Å². The molecule has 0 spiro atoms. The maximum absolute atomic E-state index is 13.5. The normalized spacial score (nSPS) is 26.8. The number of ether oxygens (including phenoxy) is 6. The van der Waals surface area contributed by atoms with Crippen LogP contribution in [0.15, 0.2) is 11.8 Å². The van der Waals surface area contributed by atoms with Crippen molar-refractivity contribution in [3.8, 4) is 0 Å². The maximum Gasteiger partial charge on any atom is 0.288 e. The van der Waals surface area contributed by atoms with E-state index in [4.69, 9.17) is 28.4 Å². The molecule has 0 aliphatic carbocycles. The fourth-order valence-electron chi connectivity index (χ4n) is 4.10. The summed E-state index contributed by atoms with van der Waals surface area (Å²) in [5.41, 5.74) is 0. The summed E-state index contributed by atoms with van der Waals surface area (Å²) in [5.74, 6) is 0.638. The van der Waals surface area contributed by atoms with Gasteiger partial charge in [-0.15, -0.1) is 0 Å². The molecule has 0 radical (unpaired) electrons. The number of hydrogen-bond donors (Lipinski definition) is 1. The first kappa shape index (κ1) is 28.0. The molecule has 2 aliphatic heterocycles. The van der Waals surface area contributed by atoms with Gasteiger partial charge < -0.3 is 38.4 Å². The van der Waals surface area contributed by atoms with Crippen LogP contribution in [0.3, 0.4) is 0 Å². The fourth-order valence-corrected chi connectivity index (χ4v) is 4.10. The highest BCUT2D eigenvalue weighted by atomic mass is 16.7. The first-order chi connectivity index (χ1) is 16.1. The third kappa shape index (κ3) is 9.88. The van der Waals surface area contributed by atoms with Crippen LogP contribution >= 0.6 is 0 Å². The van der Waals surface area contributed by atoms with E-state index in [2.05, 4.69) is 13.8 Å². The molecule has 9 nitrogen and oxygen atoms in total. The van der Waals surface area contributed by atoms with Crippen LogP contribution in [-0.2, 0) is 33.2 Å². The summed E-state index contributed by atoms with van der Waals surface area (Å²) >= 11 is 0. The number of allylic oxidation sites excluding steroid dienone is 1. The molecule has 0 bridgehead atoms. The second-order valence-electron chi connectivity index (χ2n) is 8.57. The second-order valence-corrected chi connectivity index (χ2v) is 8.57. The Morgan fingerprint density at radius 1 is 1.03 bits per heavy atom. The van der Waals surface area contributed by atoms with Gasteiger partial charge in [-0.25, -0.2) is 0 Å². The van der Waals surface area contributed by atoms with E-state index in [0.29, 0.717) is 90.6 Å². The smallest absolute Gasteiger partial charge is 0.288 e. The van der Waals surface area contributed by atoms with Crippen LogP contribution in [0.2, 0.25) is 0 Å². The Bertz CT molecular complexity index is 555. The van der Waals surface area contributed by atoms with E-state index in [9.17, 15) is 9.90 Å². The van der Waals surface area contributed by atoms with Gasteiger partial charge in [0, 0.05) is 32.2 Å². The lowest BCUT2D eigenvalue weighted by Crippen LogP contribution is -2.44. The summed E-state index contributed by atoms with van der Waals surface area (Å²) in [6.45, 7) is 11.4. The molecule has 0 saturated carbocycles. The minimum atomic E-state index is -0.511. The number of aliphatic hydroxyl groups excluding tert-OH is 1. The number of nitrogens with zero attached hydrogens (tertiary/aromatic N) is 1. The minimum absolute atomic E-state index is 0.0863. The summed E-state index contributed by atoms with van der Waals surface area (Å²) in [7, 11) is 0. The zero-order chi connectivity index (χ0) is 23.9. The third-order valence-corrected chi connectivity index (χ3v) is 5.85. The lowest BCUT2D eigenvalue weighted by atomic mass is 9.78. The van der Waals surface area contributed by atoms with Crippen molar-refractivity contribution in [2.45, 2.75) is 39.9 Å². The zero-order valence-corrected chi connectivity index (χ0v) is 20.5. The van der Waals surface area contributed by atoms with Crippen LogP contribution < -0.4 is 0 Å². The molecule has 33 heavy (non-hydrogen) atoms. The molecular weight excluding hydrogens is 430 g/mol. The van der Waals surface area contributed by atoms with Gasteiger partial charge in [-0.2, -0.15) is 0 Å². The van der Waals surface area contributed by atoms with Crippen LogP contribution in [0.25, 0.3) is 0 Å². The van der Waals surface area contributed by atoms with E-state index in [0.717, 1.165) is 6.42 Å². The molecule has 0 aromatic carbocycles.